The Kier molecular flexibility index (Phi) is 4.09. The number of carbonyl (C=O) groups excluding carboxylic acids is 2. The van der Waals surface area contributed by atoms with E-state index in [1.807, 2.05) is 30.3 Å². The Morgan fingerprint density at radius 3 is 2.48 bits per heavy atom. The number of benzene rings is 1. The maximum absolute atomic E-state index is 12.6. The van der Waals surface area contributed by atoms with Crippen LogP contribution in [-0.2, 0) is 15.0 Å². The molecule has 1 aromatic carbocycles. The highest BCUT2D eigenvalue weighted by Gasteiger charge is 2.44. The fourth-order valence-electron chi connectivity index (χ4n) is 3.91. The van der Waals surface area contributed by atoms with Crippen LogP contribution in [0, 0.1) is 5.92 Å². The third-order valence-electron chi connectivity index (χ3n) is 5.25. The highest BCUT2D eigenvalue weighted by Crippen LogP contribution is 2.40. The first-order valence-corrected chi connectivity index (χ1v) is 8.10. The van der Waals surface area contributed by atoms with Crippen molar-refractivity contribution < 1.29 is 9.59 Å². The zero-order valence-electron chi connectivity index (χ0n) is 12.4. The zero-order chi connectivity index (χ0) is 14.7. The fraction of sp³-hybridized carbons (Fsp3) is 0.556. The molecule has 0 radical (unpaired) electrons. The Balaban J connectivity index is 1.83. The Labute approximate surface area is 126 Å². The summed E-state index contributed by atoms with van der Waals surface area (Å²) in [5.41, 5.74) is 0.561. The summed E-state index contributed by atoms with van der Waals surface area (Å²) in [5.74, 6) is 0.534. The first-order chi connectivity index (χ1) is 10.2. The molecule has 2 amide bonds. The monoisotopic (exact) mass is 285 g/mol. The molecule has 1 N–H and O–H groups in total. The van der Waals surface area contributed by atoms with Gasteiger partial charge in [-0.25, -0.2) is 0 Å². The first kappa shape index (κ1) is 14.3. The van der Waals surface area contributed by atoms with Crippen molar-refractivity contribution >= 4 is 11.8 Å². The molecule has 1 aliphatic heterocycles. The van der Waals surface area contributed by atoms with Gasteiger partial charge in [-0.05, 0) is 30.7 Å². The second kappa shape index (κ2) is 6.00. The summed E-state index contributed by atoms with van der Waals surface area (Å²) >= 11 is 0. The molecule has 1 heterocycles. The normalized spacial score (nSPS) is 26.9. The Hall–Kier alpha value is -1.64. The van der Waals surface area contributed by atoms with E-state index in [4.69, 9.17) is 0 Å². The first-order valence-electron chi connectivity index (χ1n) is 8.10. The van der Waals surface area contributed by atoms with E-state index < -0.39 is 5.41 Å². The summed E-state index contributed by atoms with van der Waals surface area (Å²) in [6.45, 7) is 0. The summed E-state index contributed by atoms with van der Waals surface area (Å²) in [6, 6.07) is 10.0. The number of hydrogen-bond acceptors (Lipinski definition) is 2. The second-order valence-corrected chi connectivity index (χ2v) is 6.51. The van der Waals surface area contributed by atoms with E-state index in [0.29, 0.717) is 12.8 Å². The van der Waals surface area contributed by atoms with E-state index in [-0.39, 0.29) is 11.8 Å². The van der Waals surface area contributed by atoms with Crippen LogP contribution in [0.3, 0.4) is 0 Å². The van der Waals surface area contributed by atoms with Crippen molar-refractivity contribution in [2.45, 2.75) is 56.8 Å². The highest BCUT2D eigenvalue weighted by molar-refractivity contribution is 6.03. The van der Waals surface area contributed by atoms with Crippen molar-refractivity contribution in [2.75, 3.05) is 0 Å². The Morgan fingerprint density at radius 1 is 1.10 bits per heavy atom. The predicted octanol–water partition coefficient (Wildman–Crippen LogP) is 3.33. The van der Waals surface area contributed by atoms with Crippen LogP contribution in [0.5, 0.6) is 0 Å². The minimum absolute atomic E-state index is 0.0945. The molecular weight excluding hydrogens is 262 g/mol. The van der Waals surface area contributed by atoms with Crippen LogP contribution in [0.15, 0.2) is 30.3 Å². The van der Waals surface area contributed by atoms with Crippen LogP contribution >= 0.6 is 0 Å². The van der Waals surface area contributed by atoms with Crippen LogP contribution < -0.4 is 5.32 Å². The van der Waals surface area contributed by atoms with Gasteiger partial charge in [0.2, 0.25) is 11.8 Å². The largest absolute Gasteiger partial charge is 0.296 e. The highest BCUT2D eigenvalue weighted by atomic mass is 16.2. The number of carbonyl (C=O) groups is 2. The Morgan fingerprint density at radius 2 is 1.81 bits per heavy atom. The molecule has 1 aromatic rings. The average molecular weight is 285 g/mol. The lowest BCUT2D eigenvalue weighted by Gasteiger charge is -2.36. The van der Waals surface area contributed by atoms with Crippen LogP contribution in [0.1, 0.15) is 56.9 Å². The van der Waals surface area contributed by atoms with Gasteiger partial charge in [0.1, 0.15) is 0 Å². The summed E-state index contributed by atoms with van der Waals surface area (Å²) < 4.78 is 0. The van der Waals surface area contributed by atoms with Gasteiger partial charge in [-0.15, -0.1) is 0 Å². The molecule has 0 bridgehead atoms. The van der Waals surface area contributed by atoms with E-state index in [9.17, 15) is 9.59 Å². The average Bonchev–Trinajstić information content (AvgIpc) is 3.01. The quantitative estimate of drug-likeness (QED) is 0.862. The molecule has 0 aromatic heterocycles. The van der Waals surface area contributed by atoms with Crippen LogP contribution in [0.25, 0.3) is 0 Å². The minimum atomic E-state index is -0.502. The lowest BCUT2D eigenvalue weighted by atomic mass is 9.69. The number of nitrogens with one attached hydrogen (secondary N) is 1. The van der Waals surface area contributed by atoms with E-state index in [0.717, 1.165) is 24.3 Å². The summed E-state index contributed by atoms with van der Waals surface area (Å²) in [4.78, 5) is 24.1. The molecule has 1 saturated carbocycles. The summed E-state index contributed by atoms with van der Waals surface area (Å²) in [6.07, 6.45) is 8.30. The molecule has 1 atom stereocenters. The molecule has 1 unspecified atom stereocenters. The Bertz CT molecular complexity index is 519. The van der Waals surface area contributed by atoms with Crippen LogP contribution in [0.4, 0.5) is 0 Å². The lowest BCUT2D eigenvalue weighted by Crippen LogP contribution is -2.51. The predicted molar refractivity (Wildman–Crippen MR) is 81.7 cm³/mol. The van der Waals surface area contributed by atoms with Gasteiger partial charge >= 0.3 is 0 Å². The van der Waals surface area contributed by atoms with Gasteiger partial charge in [0.05, 0.1) is 5.41 Å². The van der Waals surface area contributed by atoms with Crippen molar-refractivity contribution in [2.24, 2.45) is 5.92 Å². The zero-order valence-corrected chi connectivity index (χ0v) is 12.4. The number of hydrogen-bond donors (Lipinski definition) is 1. The number of rotatable bonds is 4. The summed E-state index contributed by atoms with van der Waals surface area (Å²) in [5, 5.41) is 2.57. The van der Waals surface area contributed by atoms with Crippen LogP contribution in [0.2, 0.25) is 0 Å². The number of amides is 2. The topological polar surface area (TPSA) is 46.2 Å². The number of piperidine rings is 1. The smallest absolute Gasteiger partial charge is 0.237 e. The van der Waals surface area contributed by atoms with Crippen molar-refractivity contribution in [3.63, 3.8) is 0 Å². The second-order valence-electron chi connectivity index (χ2n) is 6.51. The lowest BCUT2D eigenvalue weighted by molar-refractivity contribution is -0.138. The van der Waals surface area contributed by atoms with E-state index in [1.54, 1.807) is 0 Å². The van der Waals surface area contributed by atoms with Gasteiger partial charge < -0.3 is 0 Å². The molecule has 3 nitrogen and oxygen atoms in total. The van der Waals surface area contributed by atoms with Gasteiger partial charge in [0.25, 0.3) is 0 Å². The molecular formula is C18H23NO2. The SMILES string of the molecule is O=C1CCC(CCC2CCCC2)(c2ccccc2)C(=O)N1. The van der Waals surface area contributed by atoms with E-state index in [1.165, 1.54) is 25.7 Å². The third-order valence-corrected chi connectivity index (χ3v) is 5.25. The molecule has 1 saturated heterocycles. The van der Waals surface area contributed by atoms with Gasteiger partial charge in [-0.3, -0.25) is 14.9 Å². The molecule has 3 rings (SSSR count). The van der Waals surface area contributed by atoms with Crippen molar-refractivity contribution in [1.82, 2.24) is 5.32 Å². The van der Waals surface area contributed by atoms with Gasteiger partial charge in [-0.2, -0.15) is 0 Å². The van der Waals surface area contributed by atoms with Gasteiger partial charge in [0, 0.05) is 6.42 Å². The van der Waals surface area contributed by atoms with E-state index in [2.05, 4.69) is 5.32 Å². The molecule has 112 valence electrons. The minimum Gasteiger partial charge on any atom is -0.296 e. The van der Waals surface area contributed by atoms with Gasteiger partial charge in [0.15, 0.2) is 0 Å². The molecule has 21 heavy (non-hydrogen) atoms. The van der Waals surface area contributed by atoms with Crippen LogP contribution in [-0.4, -0.2) is 11.8 Å². The molecule has 1 aliphatic carbocycles. The van der Waals surface area contributed by atoms with Crippen molar-refractivity contribution in [3.8, 4) is 0 Å². The molecule has 2 aliphatic rings. The summed E-state index contributed by atoms with van der Waals surface area (Å²) in [7, 11) is 0. The number of imide groups is 1. The van der Waals surface area contributed by atoms with Crippen molar-refractivity contribution in [3.05, 3.63) is 35.9 Å². The fourth-order valence-corrected chi connectivity index (χ4v) is 3.91. The standard InChI is InChI=1S/C18H23NO2/c20-16-11-13-18(17(21)19-16,15-8-2-1-3-9-15)12-10-14-6-4-5-7-14/h1-3,8-9,14H,4-7,10-13H2,(H,19,20,21). The molecule has 3 heteroatoms. The molecule has 2 fully saturated rings. The van der Waals surface area contributed by atoms with Crippen molar-refractivity contribution in [1.29, 1.82) is 0 Å². The maximum Gasteiger partial charge on any atom is 0.237 e. The van der Waals surface area contributed by atoms with Gasteiger partial charge in [-0.1, -0.05) is 56.0 Å². The maximum atomic E-state index is 12.6. The third kappa shape index (κ3) is 2.87. The van der Waals surface area contributed by atoms with E-state index >= 15 is 0 Å². The molecule has 0 spiro atoms.